The number of primary amides is 1. The summed E-state index contributed by atoms with van der Waals surface area (Å²) < 4.78 is 0. The van der Waals surface area contributed by atoms with Gasteiger partial charge in [-0.3, -0.25) is 43.3 Å². The van der Waals surface area contributed by atoms with Crippen molar-refractivity contribution in [3.05, 3.63) is 0 Å². The molecule has 7 amide bonds. The number of carbonyl (C=O) groups is 9. The number of hydrogen-bond donors (Lipinski definition) is 15. The second-order valence-electron chi connectivity index (χ2n) is 11.8. The van der Waals surface area contributed by atoms with E-state index in [-0.39, 0.29) is 44.7 Å². The number of hydrogen-bond acceptors (Lipinski definition) is 14. The quantitative estimate of drug-likeness (QED) is 0.0209. The average molecular weight is 777 g/mol. The van der Waals surface area contributed by atoms with Crippen LogP contribution in [0.1, 0.15) is 51.9 Å². The van der Waals surface area contributed by atoms with Crippen LogP contribution in [0.4, 0.5) is 0 Å². The van der Waals surface area contributed by atoms with Crippen LogP contribution in [0.2, 0.25) is 0 Å². The van der Waals surface area contributed by atoms with Gasteiger partial charge >= 0.3 is 11.9 Å². The highest BCUT2D eigenvalue weighted by Crippen LogP contribution is 2.07. The van der Waals surface area contributed by atoms with Crippen LogP contribution in [0.3, 0.4) is 0 Å². The molecule has 0 radical (unpaired) electrons. The number of rotatable bonds is 27. The summed E-state index contributed by atoms with van der Waals surface area (Å²) in [4.78, 5) is 116. The van der Waals surface area contributed by atoms with Gasteiger partial charge in [0.25, 0.3) is 0 Å². The van der Waals surface area contributed by atoms with Gasteiger partial charge < -0.3 is 81.0 Å². The topological polar surface area (TPSA) is 449 Å². The average Bonchev–Trinajstić information content (AvgIpc) is 3.08. The van der Waals surface area contributed by atoms with E-state index in [1.807, 2.05) is 10.6 Å². The zero-order valence-corrected chi connectivity index (χ0v) is 29.6. The molecule has 0 aliphatic heterocycles. The van der Waals surface area contributed by atoms with Crippen LogP contribution >= 0.6 is 0 Å². The van der Waals surface area contributed by atoms with Crippen LogP contribution in [0.25, 0.3) is 0 Å². The molecule has 0 heterocycles. The highest BCUT2D eigenvalue weighted by molar-refractivity contribution is 5.98. The molecule has 0 saturated carbocycles. The number of unbranched alkanes of at least 4 members (excludes halogenated alkanes) is 1. The lowest BCUT2D eigenvalue weighted by Crippen LogP contribution is -2.62. The number of aliphatic hydroxyl groups is 2. The Bertz CT molecular complexity index is 1360. The first-order valence-electron chi connectivity index (χ1n) is 16.6. The summed E-state index contributed by atoms with van der Waals surface area (Å²) in [6.07, 6.45) is -2.99. The number of nitrogens with zero attached hydrogens (tertiary/aromatic N) is 1. The predicted molar refractivity (Wildman–Crippen MR) is 186 cm³/mol. The highest BCUT2D eigenvalue weighted by Gasteiger charge is 2.35. The Morgan fingerprint density at radius 3 is 1.59 bits per heavy atom. The number of carboxylic acids is 2. The zero-order chi connectivity index (χ0) is 41.5. The third kappa shape index (κ3) is 19.3. The summed E-state index contributed by atoms with van der Waals surface area (Å²) >= 11 is 0. The summed E-state index contributed by atoms with van der Waals surface area (Å²) in [6, 6.07) is -10.2. The Balaban J connectivity index is 6.25. The smallest absolute Gasteiger partial charge is 0.328 e. The molecule has 0 aliphatic carbocycles. The molecule has 0 aromatic heterocycles. The minimum absolute atomic E-state index is 0.0390. The number of carboxylic acid groups (broad SMARTS) is 2. The van der Waals surface area contributed by atoms with E-state index in [1.165, 1.54) is 0 Å². The van der Waals surface area contributed by atoms with Crippen molar-refractivity contribution in [2.24, 2.45) is 33.7 Å². The van der Waals surface area contributed by atoms with Crippen LogP contribution in [0.15, 0.2) is 4.99 Å². The Morgan fingerprint density at radius 2 is 1.11 bits per heavy atom. The number of nitrogens with one attached hydrogen (secondary N) is 6. The molecule has 7 atom stereocenters. The van der Waals surface area contributed by atoms with Crippen molar-refractivity contribution in [2.75, 3.05) is 26.2 Å². The third-order valence-electron chi connectivity index (χ3n) is 7.27. The van der Waals surface area contributed by atoms with E-state index >= 15 is 0 Å². The van der Waals surface area contributed by atoms with E-state index in [4.69, 9.17) is 33.8 Å². The van der Waals surface area contributed by atoms with Crippen molar-refractivity contribution >= 4 is 59.2 Å². The molecule has 0 rings (SSSR count). The maximum atomic E-state index is 13.5. The number of aliphatic imine (C=N–C) groups is 1. The van der Waals surface area contributed by atoms with E-state index in [0.29, 0.717) is 6.42 Å². The van der Waals surface area contributed by atoms with Gasteiger partial charge in [-0.2, -0.15) is 0 Å². The van der Waals surface area contributed by atoms with Gasteiger partial charge in [-0.25, -0.2) is 4.79 Å². The number of carbonyl (C=O) groups excluding carboxylic acids is 7. The van der Waals surface area contributed by atoms with E-state index in [1.54, 1.807) is 0 Å². The van der Waals surface area contributed by atoms with Gasteiger partial charge in [-0.1, -0.05) is 0 Å². The van der Waals surface area contributed by atoms with Crippen molar-refractivity contribution < 1.29 is 63.6 Å². The van der Waals surface area contributed by atoms with Gasteiger partial charge in [-0.15, -0.1) is 0 Å². The first-order chi connectivity index (χ1) is 25.3. The molecule has 0 aromatic rings. The summed E-state index contributed by atoms with van der Waals surface area (Å²) in [6.45, 7) is -0.263. The molecule has 0 fully saturated rings. The summed E-state index contributed by atoms with van der Waals surface area (Å²) in [5.41, 5.74) is 26.8. The van der Waals surface area contributed by atoms with E-state index < -0.39 is 122 Å². The van der Waals surface area contributed by atoms with Crippen molar-refractivity contribution in [1.82, 2.24) is 31.9 Å². The Kier molecular flexibility index (Phi) is 22.7. The molecule has 0 unspecified atom stereocenters. The van der Waals surface area contributed by atoms with E-state index in [2.05, 4.69) is 26.3 Å². The Hall–Kier alpha value is -5.66. The zero-order valence-electron chi connectivity index (χ0n) is 29.6. The van der Waals surface area contributed by atoms with Gasteiger partial charge in [0.1, 0.15) is 36.3 Å². The molecular weight excluding hydrogens is 724 g/mol. The molecule has 54 heavy (non-hydrogen) atoms. The van der Waals surface area contributed by atoms with Crippen molar-refractivity contribution in [3.8, 4) is 0 Å². The first kappa shape index (κ1) is 48.3. The molecule has 0 aromatic carbocycles. The van der Waals surface area contributed by atoms with Crippen LogP contribution in [-0.2, 0) is 43.2 Å². The summed E-state index contributed by atoms with van der Waals surface area (Å²) in [5, 5.41) is 51.0. The third-order valence-corrected chi connectivity index (χ3v) is 7.27. The van der Waals surface area contributed by atoms with Crippen LogP contribution < -0.4 is 60.6 Å². The van der Waals surface area contributed by atoms with Gasteiger partial charge in [0.15, 0.2) is 5.96 Å². The lowest BCUT2D eigenvalue weighted by Gasteiger charge is -2.28. The molecule has 0 spiro atoms. The largest absolute Gasteiger partial charge is 0.481 e. The van der Waals surface area contributed by atoms with Crippen molar-refractivity contribution in [2.45, 2.75) is 94.2 Å². The summed E-state index contributed by atoms with van der Waals surface area (Å²) in [7, 11) is 0. The molecule has 0 aliphatic rings. The van der Waals surface area contributed by atoms with Gasteiger partial charge in [-0.05, 0) is 45.6 Å². The van der Waals surface area contributed by atoms with Gasteiger partial charge in [0.05, 0.1) is 32.1 Å². The molecular formula is C29H52N12O13. The fraction of sp³-hybridized carbons (Fsp3) is 0.655. The maximum absolute atomic E-state index is 13.5. The fourth-order valence-corrected chi connectivity index (χ4v) is 4.50. The van der Waals surface area contributed by atoms with Crippen LogP contribution in [0, 0.1) is 0 Å². The lowest BCUT2D eigenvalue weighted by molar-refractivity contribution is -0.144. The fourth-order valence-electron chi connectivity index (χ4n) is 4.50. The van der Waals surface area contributed by atoms with Crippen LogP contribution in [0.5, 0.6) is 0 Å². The molecule has 306 valence electrons. The monoisotopic (exact) mass is 776 g/mol. The SMILES string of the molecule is C[C@@H](O)[C@H](NC(=O)[C@H](CCCCN)NC(=O)[C@H](CC(N)=O)NC(=O)[C@H](CCCN=C(N)N)NC(=O)CN)C(=O)N[C@@H](CC(=O)O)C(=O)N[C@@H](CO)C(=O)O. The standard InChI is InChI=1S/C29H52N12O13/c1-13(43)22(27(52)39-17(10-21(46)47)26(51)40-18(12-42)28(53)54)41-24(49)15(5-2-3-7-30)37-25(50)16(9-19(32)44)38-23(48)14(36-20(45)11-31)6-4-8-35-29(33)34/h13-18,22,42-43H,2-12,30-31H2,1H3,(H2,32,44)(H,36,45)(H,37,50)(H,38,48)(H,39,52)(H,40,51)(H,41,49)(H,46,47)(H,53,54)(H4,33,34,35)/t13-,14+,15+,16+,17+,18+,22+/m1/s1. The second kappa shape index (κ2) is 25.3. The first-order valence-corrected chi connectivity index (χ1v) is 16.6. The minimum Gasteiger partial charge on any atom is -0.481 e. The number of amides is 7. The maximum Gasteiger partial charge on any atom is 0.328 e. The number of nitrogens with two attached hydrogens (primary N) is 5. The normalized spacial score (nSPS) is 14.6. The number of aliphatic hydroxyl groups excluding tert-OH is 2. The minimum atomic E-state index is -1.94. The van der Waals surface area contributed by atoms with Crippen molar-refractivity contribution in [3.63, 3.8) is 0 Å². The molecule has 25 nitrogen and oxygen atoms in total. The van der Waals surface area contributed by atoms with Gasteiger partial charge in [0, 0.05) is 6.54 Å². The highest BCUT2D eigenvalue weighted by atomic mass is 16.4. The van der Waals surface area contributed by atoms with E-state index in [9.17, 15) is 58.5 Å². The molecule has 20 N–H and O–H groups in total. The molecule has 25 heteroatoms. The second-order valence-corrected chi connectivity index (χ2v) is 11.8. The van der Waals surface area contributed by atoms with Crippen LogP contribution in [-0.4, -0.2) is 148 Å². The Labute approximate surface area is 308 Å². The molecule has 0 saturated heterocycles. The predicted octanol–water partition coefficient (Wildman–Crippen LogP) is -8.16. The van der Waals surface area contributed by atoms with Crippen molar-refractivity contribution in [1.29, 1.82) is 0 Å². The number of aliphatic carboxylic acids is 2. The number of guanidine groups is 1. The molecule has 0 bridgehead atoms. The lowest BCUT2D eigenvalue weighted by atomic mass is 10.0. The Morgan fingerprint density at radius 1 is 0.630 bits per heavy atom. The van der Waals surface area contributed by atoms with Gasteiger partial charge in [0.2, 0.25) is 41.4 Å². The summed E-state index contributed by atoms with van der Waals surface area (Å²) in [5.74, 6) is -11.0. The van der Waals surface area contributed by atoms with E-state index in [0.717, 1.165) is 6.92 Å².